The van der Waals surface area contributed by atoms with Crippen LogP contribution in [0.15, 0.2) is 58.3 Å². The molecule has 0 atom stereocenters. The topological polar surface area (TPSA) is 121 Å². The molecule has 0 amide bonds. The highest BCUT2D eigenvalue weighted by molar-refractivity contribution is 5.98. The molecule has 1 aliphatic carbocycles. The molecule has 0 spiro atoms. The Morgan fingerprint density at radius 3 is 2.93 bits per heavy atom. The van der Waals surface area contributed by atoms with Crippen molar-refractivity contribution in [1.82, 2.24) is 19.5 Å². The first-order valence-corrected chi connectivity index (χ1v) is 9.04. The minimum absolute atomic E-state index is 0.381. The van der Waals surface area contributed by atoms with Gasteiger partial charge in [0, 0.05) is 11.8 Å². The molecule has 0 unspecified atom stereocenters. The van der Waals surface area contributed by atoms with E-state index in [0.717, 1.165) is 41.0 Å². The summed E-state index contributed by atoms with van der Waals surface area (Å²) >= 11 is 0. The van der Waals surface area contributed by atoms with Gasteiger partial charge in [-0.3, -0.25) is 4.40 Å². The van der Waals surface area contributed by atoms with Crippen molar-refractivity contribution in [3.8, 4) is 11.4 Å². The second-order valence-corrected chi connectivity index (χ2v) is 7.15. The highest BCUT2D eigenvalue weighted by Crippen LogP contribution is 2.42. The Kier molecular flexibility index (Phi) is 3.56. The summed E-state index contributed by atoms with van der Waals surface area (Å²) in [5.74, 6) is 1.36. The van der Waals surface area contributed by atoms with E-state index in [2.05, 4.69) is 20.1 Å². The molecule has 140 valence electrons. The van der Waals surface area contributed by atoms with Crippen molar-refractivity contribution in [3.05, 3.63) is 65.9 Å². The first kappa shape index (κ1) is 16.6. The molecule has 3 heterocycles. The summed E-state index contributed by atoms with van der Waals surface area (Å²) in [7, 11) is 0. The lowest BCUT2D eigenvalue weighted by atomic mass is 10.1. The second kappa shape index (κ2) is 6.00. The summed E-state index contributed by atoms with van der Waals surface area (Å²) in [6.45, 7) is 1.98. The summed E-state index contributed by atoms with van der Waals surface area (Å²) in [5, 5.41) is 4.07. The summed E-state index contributed by atoms with van der Waals surface area (Å²) in [6, 6.07) is 11.6. The van der Waals surface area contributed by atoms with Crippen LogP contribution < -0.4 is 11.5 Å². The van der Waals surface area contributed by atoms with Gasteiger partial charge < -0.3 is 16.0 Å². The smallest absolute Gasteiger partial charge is 0.247 e. The zero-order valence-electron chi connectivity index (χ0n) is 15.3. The van der Waals surface area contributed by atoms with E-state index in [1.807, 2.05) is 53.9 Å². The quantitative estimate of drug-likeness (QED) is 0.419. The number of imidazole rings is 1. The van der Waals surface area contributed by atoms with Crippen LogP contribution in [0.25, 0.3) is 17.0 Å². The van der Waals surface area contributed by atoms with E-state index in [9.17, 15) is 0 Å². The molecule has 5 rings (SSSR count). The van der Waals surface area contributed by atoms with Gasteiger partial charge in [0.2, 0.25) is 11.7 Å². The number of nitrogens with two attached hydrogens (primary N) is 2. The van der Waals surface area contributed by atoms with Gasteiger partial charge >= 0.3 is 0 Å². The highest BCUT2D eigenvalue weighted by atomic mass is 16.5. The number of fused-ring (bicyclic) bond motifs is 1. The number of nitrogens with zero attached hydrogens (tertiary/aromatic N) is 5. The average molecular weight is 373 g/mol. The van der Waals surface area contributed by atoms with Gasteiger partial charge in [-0.05, 0) is 43.5 Å². The molecule has 1 fully saturated rings. The molecule has 1 aliphatic rings. The number of aryl methyl sites for hydroxylation is 1. The van der Waals surface area contributed by atoms with Crippen molar-refractivity contribution in [2.45, 2.75) is 25.3 Å². The molecule has 8 heteroatoms. The normalized spacial score (nSPS) is 15.9. The van der Waals surface area contributed by atoms with E-state index >= 15 is 0 Å². The number of rotatable bonds is 4. The van der Waals surface area contributed by atoms with E-state index in [-0.39, 0.29) is 0 Å². The fourth-order valence-electron chi connectivity index (χ4n) is 3.07. The highest BCUT2D eigenvalue weighted by Gasteiger charge is 2.45. The van der Waals surface area contributed by atoms with E-state index in [4.69, 9.17) is 16.0 Å². The lowest BCUT2D eigenvalue weighted by Crippen LogP contribution is -2.18. The third-order valence-electron chi connectivity index (χ3n) is 5.03. The monoisotopic (exact) mass is 373 g/mol. The zero-order chi connectivity index (χ0) is 19.3. The molecule has 0 radical (unpaired) electrons. The Labute approximate surface area is 160 Å². The molecule has 1 aromatic carbocycles. The van der Waals surface area contributed by atoms with Crippen LogP contribution in [0.3, 0.4) is 0 Å². The number of hydrogen-bond acceptors (Lipinski definition) is 6. The maximum atomic E-state index is 6.29. The zero-order valence-corrected chi connectivity index (χ0v) is 15.3. The van der Waals surface area contributed by atoms with Gasteiger partial charge in [0.15, 0.2) is 0 Å². The SMILES string of the molecule is Cc1ccc(-c2noc(C3(N)CC3)n2)cc1N=C(N)c1cnc2ccccn12. The van der Waals surface area contributed by atoms with Crippen LogP contribution in [-0.2, 0) is 5.54 Å². The molecular weight excluding hydrogens is 354 g/mol. The number of hydrogen-bond donors (Lipinski definition) is 2. The van der Waals surface area contributed by atoms with Crippen LogP contribution in [0, 0.1) is 6.92 Å². The van der Waals surface area contributed by atoms with Crippen LogP contribution in [0.1, 0.15) is 30.0 Å². The van der Waals surface area contributed by atoms with E-state index in [1.165, 1.54) is 0 Å². The molecule has 4 aromatic rings. The third-order valence-corrected chi connectivity index (χ3v) is 5.03. The molecule has 8 nitrogen and oxygen atoms in total. The molecule has 3 aromatic heterocycles. The van der Waals surface area contributed by atoms with E-state index in [1.54, 1.807) is 6.20 Å². The molecule has 4 N–H and O–H groups in total. The van der Waals surface area contributed by atoms with Crippen molar-refractivity contribution < 1.29 is 4.52 Å². The maximum Gasteiger partial charge on any atom is 0.247 e. The Morgan fingerprint density at radius 1 is 1.25 bits per heavy atom. The van der Waals surface area contributed by atoms with Gasteiger partial charge in [0.25, 0.3) is 0 Å². The number of amidine groups is 1. The largest absolute Gasteiger partial charge is 0.382 e. The first-order chi connectivity index (χ1) is 13.5. The Balaban J connectivity index is 1.52. The predicted octanol–water partition coefficient (Wildman–Crippen LogP) is 2.68. The number of pyridine rings is 1. The van der Waals surface area contributed by atoms with Gasteiger partial charge in [-0.25, -0.2) is 9.98 Å². The van der Waals surface area contributed by atoms with Crippen LogP contribution in [-0.4, -0.2) is 25.4 Å². The fraction of sp³-hybridized carbons (Fsp3) is 0.200. The lowest BCUT2D eigenvalue weighted by Gasteiger charge is -2.05. The third kappa shape index (κ3) is 2.74. The maximum absolute atomic E-state index is 6.29. The average Bonchev–Trinajstić information content (AvgIpc) is 3.13. The number of benzene rings is 1. The van der Waals surface area contributed by atoms with Crippen LogP contribution in [0.2, 0.25) is 0 Å². The summed E-state index contributed by atoms with van der Waals surface area (Å²) in [4.78, 5) is 13.4. The minimum Gasteiger partial charge on any atom is -0.382 e. The number of aliphatic imine (C=N–C) groups is 1. The standard InChI is InChI=1S/C20H19N7O/c1-12-5-6-13(18-25-19(28-26-18)20(22)7-8-20)10-14(12)24-17(21)15-11-23-16-4-2-3-9-27(15)16/h2-6,9-11H,7-8,22H2,1H3,(H2,21,24). The second-order valence-electron chi connectivity index (χ2n) is 7.15. The Morgan fingerprint density at radius 2 is 2.11 bits per heavy atom. The van der Waals surface area contributed by atoms with Crippen molar-refractivity contribution in [1.29, 1.82) is 0 Å². The van der Waals surface area contributed by atoms with Crippen molar-refractivity contribution >= 4 is 17.2 Å². The molecule has 0 aliphatic heterocycles. The van der Waals surface area contributed by atoms with Gasteiger partial charge in [0.1, 0.15) is 17.2 Å². The van der Waals surface area contributed by atoms with E-state index in [0.29, 0.717) is 17.6 Å². The summed E-state index contributed by atoms with van der Waals surface area (Å²) in [6.07, 6.45) is 5.36. The van der Waals surface area contributed by atoms with Gasteiger partial charge in [0.05, 0.1) is 17.4 Å². The van der Waals surface area contributed by atoms with Gasteiger partial charge in [-0.15, -0.1) is 0 Å². The Bertz CT molecular complexity index is 1220. The van der Waals surface area contributed by atoms with Crippen LogP contribution in [0.5, 0.6) is 0 Å². The van der Waals surface area contributed by atoms with Crippen molar-refractivity contribution in [3.63, 3.8) is 0 Å². The van der Waals surface area contributed by atoms with Gasteiger partial charge in [-0.1, -0.05) is 23.4 Å². The minimum atomic E-state index is -0.454. The summed E-state index contributed by atoms with van der Waals surface area (Å²) < 4.78 is 7.25. The van der Waals surface area contributed by atoms with Crippen LogP contribution >= 0.6 is 0 Å². The predicted molar refractivity (Wildman–Crippen MR) is 105 cm³/mol. The molecule has 0 bridgehead atoms. The summed E-state index contributed by atoms with van der Waals surface area (Å²) in [5.41, 5.74) is 16.0. The molecule has 28 heavy (non-hydrogen) atoms. The molecular formula is C20H19N7O. The number of aromatic nitrogens is 4. The Hall–Kier alpha value is -3.52. The van der Waals surface area contributed by atoms with E-state index < -0.39 is 5.54 Å². The van der Waals surface area contributed by atoms with Crippen molar-refractivity contribution in [2.24, 2.45) is 16.5 Å². The first-order valence-electron chi connectivity index (χ1n) is 9.04. The van der Waals surface area contributed by atoms with Crippen molar-refractivity contribution in [2.75, 3.05) is 0 Å². The van der Waals surface area contributed by atoms with Crippen LogP contribution in [0.4, 0.5) is 5.69 Å². The van der Waals surface area contributed by atoms with Gasteiger partial charge in [-0.2, -0.15) is 4.98 Å². The molecule has 1 saturated carbocycles. The fourth-order valence-corrected chi connectivity index (χ4v) is 3.07. The lowest BCUT2D eigenvalue weighted by molar-refractivity contribution is 0.348. The molecule has 0 saturated heterocycles.